The van der Waals surface area contributed by atoms with Crippen molar-refractivity contribution in [1.29, 1.82) is 0 Å². The lowest BCUT2D eigenvalue weighted by Crippen LogP contribution is -2.25. The zero-order valence-electron chi connectivity index (χ0n) is 11.5. The number of ether oxygens (including phenoxy) is 1. The summed E-state index contributed by atoms with van der Waals surface area (Å²) in [4.78, 5) is 22.1. The molecule has 0 fully saturated rings. The van der Waals surface area contributed by atoms with Gasteiger partial charge in [0, 0.05) is 12.1 Å². The van der Waals surface area contributed by atoms with Crippen LogP contribution in [0.3, 0.4) is 0 Å². The van der Waals surface area contributed by atoms with Crippen LogP contribution in [0.4, 0.5) is 0 Å². The number of Topliss-reactive ketones (excluding diaryl/α,β-unsaturated/α-hetero) is 1. The molecule has 0 aliphatic carbocycles. The van der Waals surface area contributed by atoms with E-state index in [0.717, 1.165) is 5.57 Å². The molecule has 0 saturated carbocycles. The predicted octanol–water partition coefficient (Wildman–Crippen LogP) is 1.89. The minimum Gasteiger partial charge on any atom is -0.489 e. The summed E-state index contributed by atoms with van der Waals surface area (Å²) in [5, 5.41) is 11.3. The molecule has 0 aliphatic rings. The first-order chi connectivity index (χ1) is 9.49. The number of benzene rings is 1. The molecule has 0 aromatic heterocycles. The van der Waals surface area contributed by atoms with E-state index < -0.39 is 5.97 Å². The molecule has 0 saturated heterocycles. The van der Waals surface area contributed by atoms with Crippen LogP contribution in [0, 0.1) is 0 Å². The minimum absolute atomic E-state index is 0.000955. The van der Waals surface area contributed by atoms with Crippen LogP contribution >= 0.6 is 0 Å². The van der Waals surface area contributed by atoms with Gasteiger partial charge in [0.2, 0.25) is 0 Å². The van der Waals surface area contributed by atoms with Crippen LogP contribution in [-0.4, -0.2) is 36.6 Å². The molecule has 0 atom stereocenters. The van der Waals surface area contributed by atoms with Crippen molar-refractivity contribution in [3.05, 3.63) is 42.0 Å². The van der Waals surface area contributed by atoms with Crippen LogP contribution in [0.5, 0.6) is 5.75 Å². The Kier molecular flexibility index (Phi) is 6.46. The van der Waals surface area contributed by atoms with E-state index in [1.54, 1.807) is 24.3 Å². The Bertz CT molecular complexity index is 479. The fraction of sp³-hybridized carbons (Fsp3) is 0.333. The average Bonchev–Trinajstić information content (AvgIpc) is 2.41. The third-order valence-electron chi connectivity index (χ3n) is 2.46. The Balaban J connectivity index is 2.41. The standard InChI is InChI=1S/C15H19NO4/c1-11(2)10-20-13-5-3-12(4-6-13)14(17)9-16-8-7-15(18)19/h3-6,16H,1,7-10H2,2H3,(H,18,19). The third kappa shape index (κ3) is 6.15. The summed E-state index contributed by atoms with van der Waals surface area (Å²) in [7, 11) is 0. The van der Waals surface area contributed by atoms with E-state index in [2.05, 4.69) is 11.9 Å². The molecule has 0 aliphatic heterocycles. The van der Waals surface area contributed by atoms with Crippen LogP contribution in [0.25, 0.3) is 0 Å². The zero-order valence-corrected chi connectivity index (χ0v) is 11.5. The Labute approximate surface area is 118 Å². The zero-order chi connectivity index (χ0) is 15.0. The molecule has 2 N–H and O–H groups in total. The summed E-state index contributed by atoms with van der Waals surface area (Å²) in [5.74, 6) is -0.283. The summed E-state index contributed by atoms with van der Waals surface area (Å²) in [6.45, 7) is 6.47. The Morgan fingerprint density at radius 1 is 1.30 bits per heavy atom. The second-order valence-electron chi connectivity index (χ2n) is 4.51. The number of aliphatic carboxylic acids is 1. The van der Waals surface area contributed by atoms with Gasteiger partial charge in [-0.05, 0) is 36.8 Å². The van der Waals surface area contributed by atoms with Gasteiger partial charge in [0.15, 0.2) is 5.78 Å². The predicted molar refractivity (Wildman–Crippen MR) is 76.2 cm³/mol. The van der Waals surface area contributed by atoms with Crippen molar-refractivity contribution in [2.24, 2.45) is 0 Å². The maximum absolute atomic E-state index is 11.8. The van der Waals surface area contributed by atoms with E-state index in [0.29, 0.717) is 17.9 Å². The summed E-state index contributed by atoms with van der Waals surface area (Å²) >= 11 is 0. The minimum atomic E-state index is -0.885. The number of carboxylic acids is 1. The quantitative estimate of drug-likeness (QED) is 0.409. The van der Waals surface area contributed by atoms with E-state index in [-0.39, 0.29) is 25.3 Å². The highest BCUT2D eigenvalue weighted by molar-refractivity contribution is 5.97. The first-order valence-electron chi connectivity index (χ1n) is 6.32. The first-order valence-corrected chi connectivity index (χ1v) is 6.32. The number of carboxylic acid groups (broad SMARTS) is 1. The van der Waals surface area contributed by atoms with Crippen LogP contribution in [0.1, 0.15) is 23.7 Å². The molecule has 108 valence electrons. The summed E-state index contributed by atoms with van der Waals surface area (Å²) < 4.78 is 5.44. The van der Waals surface area contributed by atoms with Gasteiger partial charge in [0.25, 0.3) is 0 Å². The van der Waals surface area contributed by atoms with Gasteiger partial charge in [-0.1, -0.05) is 6.58 Å². The van der Waals surface area contributed by atoms with Crippen molar-refractivity contribution in [3.8, 4) is 5.75 Å². The van der Waals surface area contributed by atoms with Gasteiger partial charge in [-0.25, -0.2) is 0 Å². The topological polar surface area (TPSA) is 75.6 Å². The van der Waals surface area contributed by atoms with Crippen LogP contribution in [0.15, 0.2) is 36.4 Å². The molecule has 5 heteroatoms. The van der Waals surface area contributed by atoms with Crippen molar-refractivity contribution in [2.75, 3.05) is 19.7 Å². The van der Waals surface area contributed by atoms with E-state index in [9.17, 15) is 9.59 Å². The highest BCUT2D eigenvalue weighted by atomic mass is 16.5. The Morgan fingerprint density at radius 3 is 2.50 bits per heavy atom. The fourth-order valence-corrected chi connectivity index (χ4v) is 1.44. The second kappa shape index (κ2) is 8.12. The number of carbonyl (C=O) groups is 2. The fourth-order valence-electron chi connectivity index (χ4n) is 1.44. The maximum Gasteiger partial charge on any atom is 0.304 e. The average molecular weight is 277 g/mol. The molecule has 1 aromatic carbocycles. The molecule has 0 bridgehead atoms. The largest absolute Gasteiger partial charge is 0.489 e. The van der Waals surface area contributed by atoms with Gasteiger partial charge in [-0.2, -0.15) is 0 Å². The molecule has 1 rings (SSSR count). The number of carbonyl (C=O) groups excluding carboxylic acids is 1. The van der Waals surface area contributed by atoms with Gasteiger partial charge in [-0.3, -0.25) is 9.59 Å². The van der Waals surface area contributed by atoms with Crippen molar-refractivity contribution in [3.63, 3.8) is 0 Å². The van der Waals surface area contributed by atoms with Gasteiger partial charge >= 0.3 is 5.97 Å². The SMILES string of the molecule is C=C(C)COc1ccc(C(=O)CNCCC(=O)O)cc1. The molecular formula is C15H19NO4. The normalized spacial score (nSPS) is 10.1. The number of hydrogen-bond donors (Lipinski definition) is 2. The summed E-state index contributed by atoms with van der Waals surface area (Å²) in [6.07, 6.45) is 0.000955. The van der Waals surface area contributed by atoms with Crippen molar-refractivity contribution in [2.45, 2.75) is 13.3 Å². The van der Waals surface area contributed by atoms with Crippen LogP contribution in [-0.2, 0) is 4.79 Å². The molecule has 0 heterocycles. The molecule has 20 heavy (non-hydrogen) atoms. The van der Waals surface area contributed by atoms with E-state index in [1.165, 1.54) is 0 Å². The lowest BCUT2D eigenvalue weighted by molar-refractivity contribution is -0.136. The van der Waals surface area contributed by atoms with Crippen molar-refractivity contribution >= 4 is 11.8 Å². The lowest BCUT2D eigenvalue weighted by atomic mass is 10.1. The summed E-state index contributed by atoms with van der Waals surface area (Å²) in [5.41, 5.74) is 1.49. The molecule has 0 amide bonds. The van der Waals surface area contributed by atoms with Gasteiger partial charge in [0.05, 0.1) is 13.0 Å². The van der Waals surface area contributed by atoms with E-state index >= 15 is 0 Å². The molecule has 0 unspecified atom stereocenters. The van der Waals surface area contributed by atoms with Crippen LogP contribution < -0.4 is 10.1 Å². The van der Waals surface area contributed by atoms with Gasteiger partial charge in [-0.15, -0.1) is 0 Å². The lowest BCUT2D eigenvalue weighted by Gasteiger charge is -2.07. The number of nitrogens with one attached hydrogen (secondary N) is 1. The smallest absolute Gasteiger partial charge is 0.304 e. The van der Waals surface area contributed by atoms with Gasteiger partial charge in [0.1, 0.15) is 12.4 Å². The number of rotatable bonds is 9. The number of hydrogen-bond acceptors (Lipinski definition) is 4. The molecule has 5 nitrogen and oxygen atoms in total. The van der Waals surface area contributed by atoms with Crippen LogP contribution in [0.2, 0.25) is 0 Å². The first kappa shape index (κ1) is 15.9. The van der Waals surface area contributed by atoms with E-state index in [1.807, 2.05) is 6.92 Å². The third-order valence-corrected chi connectivity index (χ3v) is 2.46. The highest BCUT2D eigenvalue weighted by Crippen LogP contribution is 2.13. The molecule has 0 radical (unpaired) electrons. The second-order valence-corrected chi connectivity index (χ2v) is 4.51. The Morgan fingerprint density at radius 2 is 1.95 bits per heavy atom. The maximum atomic E-state index is 11.8. The summed E-state index contributed by atoms with van der Waals surface area (Å²) in [6, 6.07) is 6.84. The molecular weight excluding hydrogens is 258 g/mol. The Hall–Kier alpha value is -2.14. The van der Waals surface area contributed by atoms with Gasteiger partial charge < -0.3 is 15.2 Å². The van der Waals surface area contributed by atoms with Crippen molar-refractivity contribution < 1.29 is 19.4 Å². The molecule has 1 aromatic rings. The highest BCUT2D eigenvalue weighted by Gasteiger charge is 2.06. The van der Waals surface area contributed by atoms with Crippen molar-refractivity contribution in [1.82, 2.24) is 5.32 Å². The monoisotopic (exact) mass is 277 g/mol. The van der Waals surface area contributed by atoms with E-state index in [4.69, 9.17) is 9.84 Å². The molecule has 0 spiro atoms. The number of ketones is 1.